The van der Waals surface area contributed by atoms with Crippen LogP contribution in [0, 0.1) is 5.92 Å². The van der Waals surface area contributed by atoms with Crippen LogP contribution in [0.25, 0.3) is 11.4 Å². The molecule has 172 valence electrons. The van der Waals surface area contributed by atoms with Crippen LogP contribution in [0.15, 0.2) is 36.7 Å². The minimum Gasteiger partial charge on any atom is -0.236 e. The molecular weight excluding hydrogens is 376 g/mol. The Hall–Kier alpha value is -1.70. The fourth-order valence-corrected chi connectivity index (χ4v) is 4.15. The minimum atomic E-state index is 0.842. The van der Waals surface area contributed by atoms with Crippen molar-refractivity contribution in [1.82, 2.24) is 9.97 Å². The predicted octanol–water partition coefficient (Wildman–Crippen LogP) is 8.98. The van der Waals surface area contributed by atoms with Crippen molar-refractivity contribution in [2.24, 2.45) is 5.92 Å². The molecule has 0 aliphatic carbocycles. The van der Waals surface area contributed by atoms with Crippen molar-refractivity contribution in [2.45, 2.75) is 117 Å². The lowest BCUT2D eigenvalue weighted by Crippen LogP contribution is -1.94. The van der Waals surface area contributed by atoms with Crippen LogP contribution in [0.5, 0.6) is 0 Å². The van der Waals surface area contributed by atoms with E-state index >= 15 is 0 Å². The molecule has 0 saturated heterocycles. The van der Waals surface area contributed by atoms with Gasteiger partial charge in [0, 0.05) is 18.0 Å². The minimum absolute atomic E-state index is 0.842. The highest BCUT2D eigenvalue weighted by Crippen LogP contribution is 2.18. The number of aromatic nitrogens is 2. The Bertz CT molecular complexity index is 673. The zero-order valence-electron chi connectivity index (χ0n) is 20.5. The van der Waals surface area contributed by atoms with E-state index in [2.05, 4.69) is 55.0 Å². The van der Waals surface area contributed by atoms with Crippen LogP contribution in [0.4, 0.5) is 0 Å². The second-order valence-electron chi connectivity index (χ2n) is 9.68. The lowest BCUT2D eigenvalue weighted by atomic mass is 10.0. The molecule has 0 radical (unpaired) electrons. The zero-order chi connectivity index (χ0) is 22.2. The number of nitrogens with zero attached hydrogens (tertiary/aromatic N) is 2. The molecular formula is C29H46N2. The standard InChI is InChI=1S/C29H46N2/c1-4-5-6-7-8-9-10-15-18-27-23-30-29(31-24-27)28-21-19-26(20-22-28)17-14-12-11-13-16-25(2)3/h19-25H,4-18H2,1-3H3. The average Bonchev–Trinajstić information content (AvgIpc) is 2.78. The summed E-state index contributed by atoms with van der Waals surface area (Å²) >= 11 is 0. The highest BCUT2D eigenvalue weighted by atomic mass is 14.9. The highest BCUT2D eigenvalue weighted by Gasteiger charge is 2.03. The molecule has 0 fully saturated rings. The third-order valence-electron chi connectivity index (χ3n) is 6.23. The molecule has 1 heterocycles. The Morgan fingerprint density at radius 1 is 0.613 bits per heavy atom. The first-order valence-corrected chi connectivity index (χ1v) is 13.1. The summed E-state index contributed by atoms with van der Waals surface area (Å²) in [4.78, 5) is 9.25. The van der Waals surface area contributed by atoms with Crippen molar-refractivity contribution in [3.63, 3.8) is 0 Å². The average molecular weight is 423 g/mol. The molecule has 1 aromatic heterocycles. The van der Waals surface area contributed by atoms with Crippen LogP contribution < -0.4 is 0 Å². The topological polar surface area (TPSA) is 25.8 Å². The predicted molar refractivity (Wildman–Crippen MR) is 135 cm³/mol. The fourth-order valence-electron chi connectivity index (χ4n) is 4.15. The summed E-state index contributed by atoms with van der Waals surface area (Å²) < 4.78 is 0. The molecule has 0 N–H and O–H groups in total. The molecule has 1 aromatic carbocycles. The molecule has 0 spiro atoms. The first kappa shape index (κ1) is 25.6. The molecule has 2 nitrogen and oxygen atoms in total. The Morgan fingerprint density at radius 3 is 1.71 bits per heavy atom. The van der Waals surface area contributed by atoms with Crippen molar-refractivity contribution in [1.29, 1.82) is 0 Å². The Morgan fingerprint density at radius 2 is 1.13 bits per heavy atom. The van der Waals surface area contributed by atoms with Crippen LogP contribution in [0.2, 0.25) is 0 Å². The smallest absolute Gasteiger partial charge is 0.159 e. The first-order chi connectivity index (χ1) is 15.2. The zero-order valence-corrected chi connectivity index (χ0v) is 20.5. The van der Waals surface area contributed by atoms with E-state index in [1.807, 2.05) is 12.4 Å². The van der Waals surface area contributed by atoms with Gasteiger partial charge in [-0.2, -0.15) is 0 Å². The largest absolute Gasteiger partial charge is 0.236 e. The van der Waals surface area contributed by atoms with Crippen LogP contribution in [0.3, 0.4) is 0 Å². The fraction of sp³-hybridized carbons (Fsp3) is 0.655. The number of benzene rings is 1. The van der Waals surface area contributed by atoms with E-state index in [1.165, 1.54) is 101 Å². The van der Waals surface area contributed by atoms with Gasteiger partial charge in [0.05, 0.1) is 0 Å². The van der Waals surface area contributed by atoms with Gasteiger partial charge in [0.1, 0.15) is 0 Å². The maximum Gasteiger partial charge on any atom is 0.159 e. The molecule has 0 bridgehead atoms. The molecule has 2 heteroatoms. The lowest BCUT2D eigenvalue weighted by molar-refractivity contribution is 0.520. The number of hydrogen-bond acceptors (Lipinski definition) is 2. The van der Waals surface area contributed by atoms with Crippen LogP contribution in [0.1, 0.15) is 115 Å². The van der Waals surface area contributed by atoms with E-state index < -0.39 is 0 Å². The molecule has 2 aromatic rings. The maximum atomic E-state index is 4.63. The van der Waals surface area contributed by atoms with E-state index in [9.17, 15) is 0 Å². The SMILES string of the molecule is CCCCCCCCCCc1cnc(-c2ccc(CCCCCCC(C)C)cc2)nc1. The van der Waals surface area contributed by atoms with Gasteiger partial charge in [-0.3, -0.25) is 0 Å². The van der Waals surface area contributed by atoms with Crippen molar-refractivity contribution in [3.8, 4) is 11.4 Å². The summed E-state index contributed by atoms with van der Waals surface area (Å²) in [6, 6.07) is 8.87. The molecule has 0 aliphatic rings. The number of unbranched alkanes of at least 4 members (excludes halogenated alkanes) is 10. The lowest BCUT2D eigenvalue weighted by Gasteiger charge is -2.06. The van der Waals surface area contributed by atoms with Crippen molar-refractivity contribution < 1.29 is 0 Å². The van der Waals surface area contributed by atoms with Crippen LogP contribution in [-0.4, -0.2) is 9.97 Å². The molecule has 0 aliphatic heterocycles. The summed E-state index contributed by atoms with van der Waals surface area (Å²) in [6.07, 6.45) is 24.0. The third kappa shape index (κ3) is 11.5. The first-order valence-electron chi connectivity index (χ1n) is 13.1. The Kier molecular flexibility index (Phi) is 13.2. The van der Waals surface area contributed by atoms with Gasteiger partial charge in [-0.05, 0) is 42.7 Å². The monoisotopic (exact) mass is 422 g/mol. The van der Waals surface area contributed by atoms with Gasteiger partial charge in [0.15, 0.2) is 5.82 Å². The molecule has 0 saturated carbocycles. The summed E-state index contributed by atoms with van der Waals surface area (Å²) in [5.74, 6) is 1.69. The van der Waals surface area contributed by atoms with Gasteiger partial charge in [-0.25, -0.2) is 9.97 Å². The van der Waals surface area contributed by atoms with Crippen molar-refractivity contribution in [3.05, 3.63) is 47.8 Å². The summed E-state index contributed by atoms with van der Waals surface area (Å²) in [7, 11) is 0. The van der Waals surface area contributed by atoms with Crippen molar-refractivity contribution in [2.75, 3.05) is 0 Å². The number of hydrogen-bond donors (Lipinski definition) is 0. The van der Waals surface area contributed by atoms with Gasteiger partial charge in [0.2, 0.25) is 0 Å². The van der Waals surface area contributed by atoms with Crippen LogP contribution in [-0.2, 0) is 12.8 Å². The molecule has 2 rings (SSSR count). The highest BCUT2D eigenvalue weighted by molar-refractivity contribution is 5.55. The van der Waals surface area contributed by atoms with E-state index in [1.54, 1.807) is 0 Å². The van der Waals surface area contributed by atoms with Gasteiger partial charge >= 0.3 is 0 Å². The molecule has 0 amide bonds. The van der Waals surface area contributed by atoms with E-state index in [0.29, 0.717) is 0 Å². The second-order valence-corrected chi connectivity index (χ2v) is 9.68. The van der Waals surface area contributed by atoms with Gasteiger partial charge in [-0.1, -0.05) is 116 Å². The quantitative estimate of drug-likeness (QED) is 0.238. The molecule has 31 heavy (non-hydrogen) atoms. The molecule has 0 unspecified atom stereocenters. The van der Waals surface area contributed by atoms with Gasteiger partial charge in [0.25, 0.3) is 0 Å². The Balaban J connectivity index is 1.64. The van der Waals surface area contributed by atoms with E-state index in [-0.39, 0.29) is 0 Å². The molecule has 0 atom stereocenters. The van der Waals surface area contributed by atoms with E-state index in [0.717, 1.165) is 23.7 Å². The number of aryl methyl sites for hydroxylation is 2. The normalized spacial score (nSPS) is 11.4. The van der Waals surface area contributed by atoms with Crippen LogP contribution >= 0.6 is 0 Å². The summed E-state index contributed by atoms with van der Waals surface area (Å²) in [5.41, 5.74) is 3.82. The second kappa shape index (κ2) is 16.0. The van der Waals surface area contributed by atoms with Gasteiger partial charge in [-0.15, -0.1) is 0 Å². The van der Waals surface area contributed by atoms with E-state index in [4.69, 9.17) is 0 Å². The third-order valence-corrected chi connectivity index (χ3v) is 6.23. The number of rotatable bonds is 17. The summed E-state index contributed by atoms with van der Waals surface area (Å²) in [6.45, 7) is 6.91. The van der Waals surface area contributed by atoms with Crippen molar-refractivity contribution >= 4 is 0 Å². The maximum absolute atomic E-state index is 4.63. The summed E-state index contributed by atoms with van der Waals surface area (Å²) in [5, 5.41) is 0. The van der Waals surface area contributed by atoms with Gasteiger partial charge < -0.3 is 0 Å². The Labute approximate surface area is 192 Å².